The number of H-pyrrole nitrogens is 1. The molecule has 1 aromatic carbocycles. The molecule has 0 saturated heterocycles. The maximum Gasteiger partial charge on any atom is 0.586 e. The van der Waals surface area contributed by atoms with Crippen LogP contribution in [0.1, 0.15) is 35.9 Å². The van der Waals surface area contributed by atoms with Crippen LogP contribution in [0.25, 0.3) is 17.7 Å². The van der Waals surface area contributed by atoms with Crippen LogP contribution in [0.2, 0.25) is 0 Å². The maximum atomic E-state index is 6.07. The molecular weight excluding hydrogens is 361 g/mol. The van der Waals surface area contributed by atoms with E-state index in [9.17, 15) is 0 Å². The van der Waals surface area contributed by atoms with Gasteiger partial charge in [-0.3, -0.25) is 4.49 Å². The number of nitrogens with one attached hydrogen (secondary N) is 1. The van der Waals surface area contributed by atoms with Crippen LogP contribution in [0.5, 0.6) is 11.5 Å². The fourth-order valence-electron chi connectivity index (χ4n) is 3.41. The topological polar surface area (TPSA) is 63.3 Å². The van der Waals surface area contributed by atoms with Gasteiger partial charge in [0.05, 0.1) is 19.4 Å². The number of nitrogens with two attached hydrogens (primary N) is 1. The third-order valence-corrected chi connectivity index (χ3v) is 4.76. The lowest BCUT2D eigenvalue weighted by Gasteiger charge is -2.09. The molecule has 2 heterocycles. The van der Waals surface area contributed by atoms with Gasteiger partial charge in [0.25, 0.3) is 0 Å². The van der Waals surface area contributed by atoms with Crippen molar-refractivity contribution in [3.8, 4) is 11.5 Å². The first-order valence-corrected chi connectivity index (χ1v) is 9.75. The number of methoxy groups -OCH3 is 1. The predicted molar refractivity (Wildman–Crippen MR) is 120 cm³/mol. The molecule has 2 aromatic rings. The number of rotatable bonds is 8. The average molecular weight is 388 g/mol. The molecule has 6 heteroatoms. The van der Waals surface area contributed by atoms with E-state index in [2.05, 4.69) is 18.0 Å². The van der Waals surface area contributed by atoms with Gasteiger partial charge in [0.15, 0.2) is 17.2 Å². The lowest BCUT2D eigenvalue weighted by Crippen LogP contribution is -2.09. The van der Waals surface area contributed by atoms with E-state index < -0.39 is 0 Å². The van der Waals surface area contributed by atoms with Crippen molar-refractivity contribution in [3.05, 3.63) is 64.6 Å². The van der Waals surface area contributed by atoms with E-state index in [-0.39, 0.29) is 0 Å². The Hall–Kier alpha value is -2.99. The summed E-state index contributed by atoms with van der Waals surface area (Å²) in [6, 6.07) is 8.02. The lowest BCUT2D eigenvalue weighted by molar-refractivity contribution is -0.294. The molecule has 0 saturated carbocycles. The van der Waals surface area contributed by atoms with Crippen LogP contribution in [0, 0.1) is 6.92 Å². The van der Waals surface area contributed by atoms with Crippen LogP contribution >= 0.6 is 0 Å². The summed E-state index contributed by atoms with van der Waals surface area (Å²) in [5, 5.41) is 0. The van der Waals surface area contributed by atoms with Gasteiger partial charge in [-0.05, 0) is 62.2 Å². The molecule has 29 heavy (non-hydrogen) atoms. The number of ether oxygens (including phenoxy) is 2. The third-order valence-electron chi connectivity index (χ3n) is 4.76. The Morgan fingerprint density at radius 3 is 2.72 bits per heavy atom. The number of hydrogen-bond donors (Lipinski definition) is 2. The van der Waals surface area contributed by atoms with Crippen molar-refractivity contribution in [2.45, 2.75) is 20.3 Å². The van der Waals surface area contributed by atoms with Gasteiger partial charge >= 0.3 is 7.98 Å². The number of allylic oxidation sites excluding steroid dienone is 2. The number of hydrogen-bond acceptors (Lipinski definition) is 3. The standard InChI is InChI=1S/C23H27BN3O2/c1-4-29-21-10-8-17(15-22(21)28-3)7-9-18-14-16(2)23(26-18)19(11-12-25)20-6-5-13-27(20)24/h5-10,13-15,26H,4,11-12,25H2,1-3H3/q+1/b9-7+. The van der Waals surface area contributed by atoms with E-state index >= 15 is 0 Å². The SMILES string of the molecule is [B][N+]1=CC=CC1=C(CCN)c1[nH]c(/C=C/c2ccc(OCC)c(OC)c2)cc1C. The summed E-state index contributed by atoms with van der Waals surface area (Å²) in [6.07, 6.45) is 10.6. The molecule has 1 aromatic heterocycles. The zero-order valence-electron chi connectivity index (χ0n) is 17.2. The minimum atomic E-state index is 0.552. The third kappa shape index (κ3) is 4.71. The Labute approximate surface area is 173 Å². The largest absolute Gasteiger partial charge is 0.586 e. The molecule has 2 radical (unpaired) electrons. The fraction of sp³-hybridized carbons (Fsp3) is 0.261. The molecule has 5 nitrogen and oxygen atoms in total. The Morgan fingerprint density at radius 2 is 2.07 bits per heavy atom. The zero-order chi connectivity index (χ0) is 20.8. The first-order chi connectivity index (χ1) is 14.1. The number of aryl methyl sites for hydroxylation is 1. The summed E-state index contributed by atoms with van der Waals surface area (Å²) < 4.78 is 12.6. The zero-order valence-corrected chi connectivity index (χ0v) is 17.2. The highest BCUT2D eigenvalue weighted by Crippen LogP contribution is 2.30. The summed E-state index contributed by atoms with van der Waals surface area (Å²) in [5.41, 5.74) is 12.2. The van der Waals surface area contributed by atoms with Gasteiger partial charge in [-0.1, -0.05) is 12.1 Å². The van der Waals surface area contributed by atoms with Crippen molar-refractivity contribution < 1.29 is 14.0 Å². The van der Waals surface area contributed by atoms with Crippen LogP contribution in [0.3, 0.4) is 0 Å². The second kappa shape index (κ2) is 9.48. The van der Waals surface area contributed by atoms with Crippen LogP contribution in [0.15, 0.2) is 42.1 Å². The number of aromatic nitrogens is 1. The van der Waals surface area contributed by atoms with Crippen LogP contribution in [-0.2, 0) is 0 Å². The lowest BCUT2D eigenvalue weighted by atomic mass is 10.0. The van der Waals surface area contributed by atoms with Gasteiger partial charge in [-0.2, -0.15) is 0 Å². The van der Waals surface area contributed by atoms with Crippen molar-refractivity contribution >= 4 is 31.9 Å². The van der Waals surface area contributed by atoms with E-state index in [0.29, 0.717) is 13.2 Å². The normalized spacial score (nSPS) is 15.1. The molecule has 0 unspecified atom stereocenters. The average Bonchev–Trinajstić information content (AvgIpc) is 3.31. The van der Waals surface area contributed by atoms with Gasteiger partial charge in [0.1, 0.15) is 6.21 Å². The Balaban J connectivity index is 1.89. The summed E-state index contributed by atoms with van der Waals surface area (Å²) in [7, 11) is 7.71. The van der Waals surface area contributed by atoms with E-state index in [4.69, 9.17) is 23.2 Å². The number of aromatic amines is 1. The van der Waals surface area contributed by atoms with Gasteiger partial charge in [-0.25, -0.2) is 0 Å². The van der Waals surface area contributed by atoms with Crippen molar-refractivity contribution in [2.75, 3.05) is 20.3 Å². The highest BCUT2D eigenvalue weighted by molar-refractivity contribution is 6.01. The van der Waals surface area contributed by atoms with Crippen LogP contribution in [0.4, 0.5) is 0 Å². The Bertz CT molecular complexity index is 1000. The van der Waals surface area contributed by atoms with E-state index in [0.717, 1.165) is 51.7 Å². The first-order valence-electron chi connectivity index (χ1n) is 9.75. The van der Waals surface area contributed by atoms with E-state index in [1.807, 2.05) is 55.6 Å². The molecule has 0 spiro atoms. The van der Waals surface area contributed by atoms with Crippen molar-refractivity contribution in [1.29, 1.82) is 0 Å². The highest BCUT2D eigenvalue weighted by atomic mass is 16.5. The summed E-state index contributed by atoms with van der Waals surface area (Å²) in [6.45, 7) is 5.19. The molecule has 1 aliphatic rings. The van der Waals surface area contributed by atoms with Crippen LogP contribution < -0.4 is 15.2 Å². The van der Waals surface area contributed by atoms with Gasteiger partial charge < -0.3 is 20.2 Å². The minimum Gasteiger partial charge on any atom is -0.493 e. The van der Waals surface area contributed by atoms with Crippen LogP contribution in [-0.4, -0.2) is 43.9 Å². The molecule has 148 valence electrons. The Morgan fingerprint density at radius 1 is 1.24 bits per heavy atom. The fourth-order valence-corrected chi connectivity index (χ4v) is 3.41. The van der Waals surface area contributed by atoms with Crippen molar-refractivity contribution in [3.63, 3.8) is 0 Å². The molecular formula is C23H27BN3O2+. The van der Waals surface area contributed by atoms with Crippen molar-refractivity contribution in [2.24, 2.45) is 5.73 Å². The molecule has 0 aliphatic carbocycles. The smallest absolute Gasteiger partial charge is 0.493 e. The summed E-state index contributed by atoms with van der Waals surface area (Å²) >= 11 is 0. The van der Waals surface area contributed by atoms with Crippen molar-refractivity contribution in [1.82, 2.24) is 4.98 Å². The monoisotopic (exact) mass is 388 g/mol. The summed E-state index contributed by atoms with van der Waals surface area (Å²) in [5.74, 6) is 1.47. The second-order valence-electron chi connectivity index (χ2n) is 6.78. The minimum absolute atomic E-state index is 0.552. The number of benzene rings is 1. The van der Waals surface area contributed by atoms with E-state index in [1.54, 1.807) is 11.6 Å². The predicted octanol–water partition coefficient (Wildman–Crippen LogP) is 3.70. The van der Waals surface area contributed by atoms with Gasteiger partial charge in [0, 0.05) is 23.4 Å². The number of nitrogens with zero attached hydrogens (tertiary/aromatic N) is 1. The molecule has 0 fully saturated rings. The molecule has 1 aliphatic heterocycles. The molecule has 0 amide bonds. The quantitative estimate of drug-likeness (QED) is 0.678. The molecule has 0 atom stereocenters. The Kier molecular flexibility index (Phi) is 6.78. The van der Waals surface area contributed by atoms with E-state index in [1.165, 1.54) is 0 Å². The molecule has 3 N–H and O–H groups in total. The maximum absolute atomic E-state index is 6.07. The molecule has 3 rings (SSSR count). The molecule has 0 bridgehead atoms. The van der Waals surface area contributed by atoms with Gasteiger partial charge in [0.2, 0.25) is 0 Å². The van der Waals surface area contributed by atoms with Gasteiger partial charge in [-0.15, -0.1) is 0 Å². The highest BCUT2D eigenvalue weighted by Gasteiger charge is 2.20. The first kappa shape index (κ1) is 20.7. The summed E-state index contributed by atoms with van der Waals surface area (Å²) in [4.78, 5) is 3.51. The second-order valence-corrected chi connectivity index (χ2v) is 6.78.